The number of aliphatic carboxylic acids is 1. The normalized spacial score (nSPS) is 12.7. The zero-order valence-corrected chi connectivity index (χ0v) is 20.8. The Hall–Kier alpha value is -3.12. The number of hydrogen-bond acceptors (Lipinski definition) is 4. The number of carboxylic acid groups (broad SMARTS) is 1. The Morgan fingerprint density at radius 2 is 1.82 bits per heavy atom. The summed E-state index contributed by atoms with van der Waals surface area (Å²) in [4.78, 5) is 12.2. The molecule has 0 saturated heterocycles. The second kappa shape index (κ2) is 12.4. The van der Waals surface area contributed by atoms with Crippen LogP contribution in [0.2, 0.25) is 0 Å². The number of benzene rings is 3. The van der Waals surface area contributed by atoms with Gasteiger partial charge < -0.3 is 14.6 Å². The molecular weight excluding hydrogens is 448 g/mol. The van der Waals surface area contributed by atoms with E-state index in [1.54, 1.807) is 0 Å². The lowest BCUT2D eigenvalue weighted by Gasteiger charge is -2.18. The van der Waals surface area contributed by atoms with Crippen LogP contribution in [0.3, 0.4) is 0 Å². The van der Waals surface area contributed by atoms with Crippen LogP contribution >= 0.6 is 0 Å². The molecule has 3 aromatic rings. The standard InChI is InChI=1S/C28H32O5S/c1-4-22-10-14-26(27(19-22)34(31)25-8-6-5-7-9-25)33-21(3)16-17-32-24-13-11-23(20(2)18-24)12-15-28(29)30/h5-11,13-14,18-19,21H,4,12,15-17H2,1-3H3,(H,29,30). The van der Waals surface area contributed by atoms with Crippen LogP contribution in [-0.2, 0) is 28.4 Å². The maximum atomic E-state index is 13.2. The molecule has 180 valence electrons. The van der Waals surface area contributed by atoms with E-state index in [0.29, 0.717) is 30.1 Å². The summed E-state index contributed by atoms with van der Waals surface area (Å²) in [5, 5.41) is 8.87. The van der Waals surface area contributed by atoms with E-state index in [0.717, 1.165) is 33.8 Å². The van der Waals surface area contributed by atoms with E-state index in [4.69, 9.17) is 14.6 Å². The molecule has 0 aliphatic carbocycles. The van der Waals surface area contributed by atoms with Gasteiger partial charge in [-0.1, -0.05) is 37.3 Å². The van der Waals surface area contributed by atoms with Crippen molar-refractivity contribution in [3.05, 3.63) is 83.4 Å². The molecule has 0 aliphatic heterocycles. The molecule has 0 aromatic heterocycles. The van der Waals surface area contributed by atoms with Gasteiger partial charge in [0.15, 0.2) is 0 Å². The minimum Gasteiger partial charge on any atom is -0.493 e. The first-order chi connectivity index (χ1) is 16.4. The van der Waals surface area contributed by atoms with Gasteiger partial charge in [0.1, 0.15) is 11.5 Å². The first-order valence-corrected chi connectivity index (χ1v) is 12.7. The summed E-state index contributed by atoms with van der Waals surface area (Å²) >= 11 is 0. The molecule has 3 rings (SSSR count). The lowest BCUT2D eigenvalue weighted by atomic mass is 10.0. The van der Waals surface area contributed by atoms with Gasteiger partial charge in [0, 0.05) is 17.7 Å². The Bertz CT molecular complexity index is 1130. The van der Waals surface area contributed by atoms with Crippen LogP contribution in [0.5, 0.6) is 11.5 Å². The highest BCUT2D eigenvalue weighted by molar-refractivity contribution is 7.85. The van der Waals surface area contributed by atoms with Crippen LogP contribution in [0.4, 0.5) is 0 Å². The molecule has 0 spiro atoms. The smallest absolute Gasteiger partial charge is 0.303 e. The van der Waals surface area contributed by atoms with Crippen molar-refractivity contribution in [1.82, 2.24) is 0 Å². The third kappa shape index (κ3) is 7.19. The van der Waals surface area contributed by atoms with Crippen LogP contribution in [0, 0.1) is 6.92 Å². The van der Waals surface area contributed by atoms with Crippen LogP contribution in [0.25, 0.3) is 0 Å². The number of hydrogen-bond donors (Lipinski definition) is 1. The Morgan fingerprint density at radius 3 is 2.50 bits per heavy atom. The Kier molecular flexibility index (Phi) is 9.28. The van der Waals surface area contributed by atoms with Gasteiger partial charge in [-0.05, 0) is 79.8 Å². The van der Waals surface area contributed by atoms with Crippen molar-refractivity contribution in [2.45, 2.75) is 62.3 Å². The van der Waals surface area contributed by atoms with E-state index in [-0.39, 0.29) is 12.5 Å². The quantitative estimate of drug-likeness (QED) is 0.345. The minimum absolute atomic E-state index is 0.117. The van der Waals surface area contributed by atoms with Crippen molar-refractivity contribution >= 4 is 16.8 Å². The van der Waals surface area contributed by atoms with E-state index in [2.05, 4.69) is 6.92 Å². The van der Waals surface area contributed by atoms with E-state index in [9.17, 15) is 9.00 Å². The summed E-state index contributed by atoms with van der Waals surface area (Å²) in [6.07, 6.45) is 2.02. The monoisotopic (exact) mass is 480 g/mol. The number of ether oxygens (including phenoxy) is 2. The molecule has 0 heterocycles. The first-order valence-electron chi connectivity index (χ1n) is 11.6. The third-order valence-corrected chi connectivity index (χ3v) is 7.04. The average Bonchev–Trinajstić information content (AvgIpc) is 2.83. The second-order valence-corrected chi connectivity index (χ2v) is 9.71. The Morgan fingerprint density at radius 1 is 1.06 bits per heavy atom. The van der Waals surface area contributed by atoms with Gasteiger partial charge in [-0.2, -0.15) is 0 Å². The predicted molar refractivity (Wildman–Crippen MR) is 134 cm³/mol. The predicted octanol–water partition coefficient (Wildman–Crippen LogP) is 5.98. The van der Waals surface area contributed by atoms with E-state index in [1.807, 2.05) is 80.6 Å². The fourth-order valence-corrected chi connectivity index (χ4v) is 4.80. The van der Waals surface area contributed by atoms with Crippen molar-refractivity contribution in [1.29, 1.82) is 0 Å². The molecule has 0 saturated carbocycles. The molecule has 2 atom stereocenters. The van der Waals surface area contributed by atoms with Crippen molar-refractivity contribution in [3.8, 4) is 11.5 Å². The average molecular weight is 481 g/mol. The first kappa shape index (κ1) is 25.5. The maximum absolute atomic E-state index is 13.2. The molecule has 0 aliphatic rings. The van der Waals surface area contributed by atoms with Crippen LogP contribution in [-0.4, -0.2) is 28.0 Å². The van der Waals surface area contributed by atoms with Crippen molar-refractivity contribution in [3.63, 3.8) is 0 Å². The van der Waals surface area contributed by atoms with Gasteiger partial charge in [0.2, 0.25) is 0 Å². The lowest BCUT2D eigenvalue weighted by Crippen LogP contribution is -2.17. The number of aryl methyl sites for hydroxylation is 3. The zero-order valence-electron chi connectivity index (χ0n) is 20.0. The molecule has 34 heavy (non-hydrogen) atoms. The van der Waals surface area contributed by atoms with Crippen LogP contribution in [0.1, 0.15) is 43.4 Å². The highest BCUT2D eigenvalue weighted by Gasteiger charge is 2.16. The maximum Gasteiger partial charge on any atom is 0.303 e. The summed E-state index contributed by atoms with van der Waals surface area (Å²) in [7, 11) is -1.32. The summed E-state index contributed by atoms with van der Waals surface area (Å²) in [6.45, 7) is 6.49. The van der Waals surface area contributed by atoms with Gasteiger partial charge in [-0.25, -0.2) is 4.21 Å². The number of carbonyl (C=O) groups is 1. The molecule has 0 bridgehead atoms. The molecule has 5 nitrogen and oxygen atoms in total. The Labute approximate surface area is 204 Å². The summed E-state index contributed by atoms with van der Waals surface area (Å²) in [5.74, 6) is 0.585. The zero-order chi connectivity index (χ0) is 24.5. The molecule has 0 fully saturated rings. The topological polar surface area (TPSA) is 72.8 Å². The van der Waals surface area contributed by atoms with Crippen LogP contribution < -0.4 is 9.47 Å². The van der Waals surface area contributed by atoms with Crippen molar-refractivity contribution in [2.24, 2.45) is 0 Å². The molecule has 0 amide bonds. The van der Waals surface area contributed by atoms with Crippen molar-refractivity contribution in [2.75, 3.05) is 6.61 Å². The summed E-state index contributed by atoms with van der Waals surface area (Å²) in [5.41, 5.74) is 3.15. The third-order valence-electron chi connectivity index (χ3n) is 5.62. The fraction of sp³-hybridized carbons (Fsp3) is 0.321. The van der Waals surface area contributed by atoms with Crippen molar-refractivity contribution < 1.29 is 23.6 Å². The van der Waals surface area contributed by atoms with Gasteiger partial charge in [-0.15, -0.1) is 0 Å². The highest BCUT2D eigenvalue weighted by Crippen LogP contribution is 2.29. The van der Waals surface area contributed by atoms with Crippen LogP contribution in [0.15, 0.2) is 76.5 Å². The van der Waals surface area contributed by atoms with Gasteiger partial charge >= 0.3 is 5.97 Å². The lowest BCUT2D eigenvalue weighted by molar-refractivity contribution is -0.136. The second-order valence-electron chi connectivity index (χ2n) is 8.26. The van der Waals surface area contributed by atoms with Gasteiger partial charge in [0.25, 0.3) is 0 Å². The van der Waals surface area contributed by atoms with E-state index in [1.165, 1.54) is 0 Å². The van der Waals surface area contributed by atoms with E-state index >= 15 is 0 Å². The summed E-state index contributed by atoms with van der Waals surface area (Å²) < 4.78 is 25.3. The summed E-state index contributed by atoms with van der Waals surface area (Å²) in [6, 6.07) is 21.0. The number of carboxylic acids is 1. The fourth-order valence-electron chi connectivity index (χ4n) is 3.58. The molecule has 3 aromatic carbocycles. The number of rotatable bonds is 12. The minimum atomic E-state index is -1.32. The Balaban J connectivity index is 1.61. The molecule has 6 heteroatoms. The van der Waals surface area contributed by atoms with Gasteiger partial charge in [-0.3, -0.25) is 4.79 Å². The SMILES string of the molecule is CCc1ccc(OC(C)CCOc2ccc(CCC(=O)O)c(C)c2)c(S(=O)c2ccccc2)c1. The van der Waals surface area contributed by atoms with Gasteiger partial charge in [0.05, 0.1) is 28.4 Å². The molecule has 2 unspecified atom stereocenters. The van der Waals surface area contributed by atoms with E-state index < -0.39 is 16.8 Å². The molecule has 1 N–H and O–H groups in total. The molecular formula is C28H32O5S. The molecule has 0 radical (unpaired) electrons. The largest absolute Gasteiger partial charge is 0.493 e. The highest BCUT2D eigenvalue weighted by atomic mass is 32.2.